The second-order valence-electron chi connectivity index (χ2n) is 3.91. The van der Waals surface area contributed by atoms with Crippen molar-refractivity contribution in [2.75, 3.05) is 0 Å². The first kappa shape index (κ1) is 13.3. The SMILES string of the molecule is N#C/C(=C\C(=O)c1ccc(Br)cc1)c1ccccc1. The number of carbonyl (C=O) groups is 1. The van der Waals surface area contributed by atoms with Gasteiger partial charge in [-0.2, -0.15) is 5.26 Å². The Bertz CT molecular complexity index is 651. The second kappa shape index (κ2) is 6.12. The van der Waals surface area contributed by atoms with Crippen LogP contribution in [0.15, 0.2) is 65.1 Å². The third-order valence-corrected chi connectivity index (χ3v) is 3.14. The summed E-state index contributed by atoms with van der Waals surface area (Å²) in [7, 11) is 0. The number of halogens is 1. The minimum absolute atomic E-state index is 0.173. The molecule has 2 aromatic carbocycles. The Morgan fingerprint density at radius 3 is 2.21 bits per heavy atom. The maximum atomic E-state index is 12.1. The number of allylic oxidation sites excluding steroid dienone is 2. The van der Waals surface area contributed by atoms with E-state index in [0.29, 0.717) is 11.1 Å². The van der Waals surface area contributed by atoms with Crippen molar-refractivity contribution < 1.29 is 4.79 Å². The van der Waals surface area contributed by atoms with Crippen molar-refractivity contribution in [3.8, 4) is 6.07 Å². The molecule has 0 spiro atoms. The van der Waals surface area contributed by atoms with Gasteiger partial charge < -0.3 is 0 Å². The Kier molecular flexibility index (Phi) is 4.27. The van der Waals surface area contributed by atoms with Gasteiger partial charge in [0.1, 0.15) is 0 Å². The Labute approximate surface area is 120 Å². The molecule has 0 unspecified atom stereocenters. The van der Waals surface area contributed by atoms with Crippen molar-refractivity contribution >= 4 is 27.3 Å². The highest BCUT2D eigenvalue weighted by atomic mass is 79.9. The lowest BCUT2D eigenvalue weighted by atomic mass is 10.0. The van der Waals surface area contributed by atoms with Crippen LogP contribution in [0, 0.1) is 11.3 Å². The first-order valence-electron chi connectivity index (χ1n) is 5.68. The van der Waals surface area contributed by atoms with Crippen LogP contribution >= 0.6 is 15.9 Å². The smallest absolute Gasteiger partial charge is 0.187 e. The van der Waals surface area contributed by atoms with E-state index >= 15 is 0 Å². The molecule has 3 heteroatoms. The number of ketones is 1. The van der Waals surface area contributed by atoms with Gasteiger partial charge >= 0.3 is 0 Å². The quantitative estimate of drug-likeness (QED) is 0.483. The van der Waals surface area contributed by atoms with Crippen molar-refractivity contribution in [1.82, 2.24) is 0 Å². The first-order valence-corrected chi connectivity index (χ1v) is 6.47. The highest BCUT2D eigenvalue weighted by Crippen LogP contribution is 2.16. The Balaban J connectivity index is 2.31. The zero-order valence-electron chi connectivity index (χ0n) is 10.0. The van der Waals surface area contributed by atoms with Gasteiger partial charge in [0.25, 0.3) is 0 Å². The van der Waals surface area contributed by atoms with E-state index in [0.717, 1.165) is 10.0 Å². The summed E-state index contributed by atoms with van der Waals surface area (Å²) in [5, 5.41) is 9.14. The molecule has 0 aliphatic carbocycles. The van der Waals surface area contributed by atoms with Gasteiger partial charge in [0.05, 0.1) is 11.6 Å². The molecule has 2 rings (SSSR count). The summed E-state index contributed by atoms with van der Waals surface area (Å²) in [6.07, 6.45) is 1.37. The molecule has 19 heavy (non-hydrogen) atoms. The minimum Gasteiger partial charge on any atom is -0.289 e. The van der Waals surface area contributed by atoms with Crippen LogP contribution in [0.3, 0.4) is 0 Å². The molecule has 0 saturated carbocycles. The van der Waals surface area contributed by atoms with E-state index in [1.54, 1.807) is 24.3 Å². The van der Waals surface area contributed by atoms with Crippen LogP contribution in [0.2, 0.25) is 0 Å². The number of benzene rings is 2. The number of hydrogen-bond donors (Lipinski definition) is 0. The molecule has 2 aromatic rings. The molecule has 0 radical (unpaired) electrons. The number of carbonyl (C=O) groups excluding carboxylic acids is 1. The molecule has 0 heterocycles. The van der Waals surface area contributed by atoms with E-state index in [1.165, 1.54) is 6.08 Å². The number of nitrogens with zero attached hydrogens (tertiary/aromatic N) is 1. The minimum atomic E-state index is -0.173. The third kappa shape index (κ3) is 3.40. The lowest BCUT2D eigenvalue weighted by Crippen LogP contribution is -1.95. The number of rotatable bonds is 3. The van der Waals surface area contributed by atoms with Crippen molar-refractivity contribution in [2.45, 2.75) is 0 Å². The molecule has 0 aliphatic rings. The monoisotopic (exact) mass is 311 g/mol. The zero-order chi connectivity index (χ0) is 13.7. The van der Waals surface area contributed by atoms with E-state index in [4.69, 9.17) is 5.26 Å². The summed E-state index contributed by atoms with van der Waals surface area (Å²) in [6, 6.07) is 18.3. The van der Waals surface area contributed by atoms with Gasteiger partial charge in [-0.05, 0) is 29.8 Å². The molecule has 0 amide bonds. The van der Waals surface area contributed by atoms with Crippen LogP contribution in [0.4, 0.5) is 0 Å². The molecule has 0 saturated heterocycles. The van der Waals surface area contributed by atoms with Crippen LogP contribution in [-0.4, -0.2) is 5.78 Å². The number of nitriles is 1. The van der Waals surface area contributed by atoms with Crippen molar-refractivity contribution in [3.05, 3.63) is 76.3 Å². The van der Waals surface area contributed by atoms with Gasteiger partial charge in [-0.1, -0.05) is 46.3 Å². The average Bonchev–Trinajstić information content (AvgIpc) is 2.46. The van der Waals surface area contributed by atoms with Crippen molar-refractivity contribution in [2.24, 2.45) is 0 Å². The van der Waals surface area contributed by atoms with Crippen molar-refractivity contribution in [3.63, 3.8) is 0 Å². The fourth-order valence-corrected chi connectivity index (χ4v) is 1.89. The largest absolute Gasteiger partial charge is 0.289 e. The molecular weight excluding hydrogens is 302 g/mol. The maximum Gasteiger partial charge on any atom is 0.187 e. The van der Waals surface area contributed by atoms with Gasteiger partial charge in [-0.25, -0.2) is 0 Å². The molecule has 92 valence electrons. The van der Waals surface area contributed by atoms with Gasteiger partial charge in [0.2, 0.25) is 0 Å². The van der Waals surface area contributed by atoms with Gasteiger partial charge in [0.15, 0.2) is 5.78 Å². The van der Waals surface area contributed by atoms with Crippen LogP contribution in [0.5, 0.6) is 0 Å². The summed E-state index contributed by atoms with van der Waals surface area (Å²) in [5.74, 6) is -0.173. The fraction of sp³-hybridized carbons (Fsp3) is 0. The average molecular weight is 312 g/mol. The van der Waals surface area contributed by atoms with Crippen LogP contribution < -0.4 is 0 Å². The van der Waals surface area contributed by atoms with E-state index in [9.17, 15) is 4.79 Å². The molecule has 2 nitrogen and oxygen atoms in total. The van der Waals surface area contributed by atoms with Crippen LogP contribution in [-0.2, 0) is 0 Å². The Morgan fingerprint density at radius 1 is 1.00 bits per heavy atom. The standard InChI is InChI=1S/C16H10BrNO/c17-15-8-6-13(7-9-15)16(19)10-14(11-18)12-4-2-1-3-5-12/h1-10H/b14-10+. The van der Waals surface area contributed by atoms with E-state index in [2.05, 4.69) is 22.0 Å². The van der Waals surface area contributed by atoms with Crippen molar-refractivity contribution in [1.29, 1.82) is 5.26 Å². The fourth-order valence-electron chi connectivity index (χ4n) is 1.63. The zero-order valence-corrected chi connectivity index (χ0v) is 11.6. The summed E-state index contributed by atoms with van der Waals surface area (Å²) in [5.41, 5.74) is 1.68. The molecule has 0 aliphatic heterocycles. The molecule has 0 N–H and O–H groups in total. The van der Waals surface area contributed by atoms with E-state index in [1.807, 2.05) is 30.3 Å². The van der Waals surface area contributed by atoms with Gasteiger partial charge in [0, 0.05) is 16.1 Å². The maximum absolute atomic E-state index is 12.1. The predicted octanol–water partition coefficient (Wildman–Crippen LogP) is 4.24. The lowest BCUT2D eigenvalue weighted by Gasteiger charge is -1.99. The summed E-state index contributed by atoms with van der Waals surface area (Å²) in [4.78, 5) is 12.1. The normalized spacial score (nSPS) is 10.8. The summed E-state index contributed by atoms with van der Waals surface area (Å²) < 4.78 is 0.914. The molecule has 0 fully saturated rings. The van der Waals surface area contributed by atoms with Gasteiger partial charge in [-0.15, -0.1) is 0 Å². The Morgan fingerprint density at radius 2 is 1.63 bits per heavy atom. The lowest BCUT2D eigenvalue weighted by molar-refractivity contribution is 0.104. The molecular formula is C16H10BrNO. The third-order valence-electron chi connectivity index (χ3n) is 2.61. The molecule has 0 bridgehead atoms. The van der Waals surface area contributed by atoms with Gasteiger partial charge in [-0.3, -0.25) is 4.79 Å². The van der Waals surface area contributed by atoms with E-state index in [-0.39, 0.29) is 5.78 Å². The van der Waals surface area contributed by atoms with Crippen LogP contribution in [0.1, 0.15) is 15.9 Å². The second-order valence-corrected chi connectivity index (χ2v) is 4.82. The van der Waals surface area contributed by atoms with Crippen LogP contribution in [0.25, 0.3) is 5.57 Å². The molecule has 0 aromatic heterocycles. The van der Waals surface area contributed by atoms with E-state index < -0.39 is 0 Å². The Hall–Kier alpha value is -2.18. The summed E-state index contributed by atoms with van der Waals surface area (Å²) >= 11 is 3.32. The first-order chi connectivity index (χ1) is 9.20. The highest BCUT2D eigenvalue weighted by molar-refractivity contribution is 9.10. The summed E-state index contributed by atoms with van der Waals surface area (Å²) in [6.45, 7) is 0. The highest BCUT2D eigenvalue weighted by Gasteiger charge is 2.06. The predicted molar refractivity (Wildman–Crippen MR) is 78.5 cm³/mol. The molecule has 0 atom stereocenters. The number of hydrogen-bond acceptors (Lipinski definition) is 2. The topological polar surface area (TPSA) is 40.9 Å².